The quantitative estimate of drug-likeness (QED) is 0.827. The van der Waals surface area contributed by atoms with Gasteiger partial charge in [-0.25, -0.2) is 9.78 Å². The van der Waals surface area contributed by atoms with Crippen molar-refractivity contribution in [3.05, 3.63) is 52.3 Å². The number of nitrogens with zero attached hydrogens (tertiary/aromatic N) is 1. The Balaban J connectivity index is 2.26. The molecule has 0 atom stereocenters. The average Bonchev–Trinajstić information content (AvgIpc) is 2.47. The third-order valence-electron chi connectivity index (χ3n) is 2.69. The highest BCUT2D eigenvalue weighted by Crippen LogP contribution is 2.24. The minimum Gasteiger partial charge on any atom is -0.496 e. The first-order valence-corrected chi connectivity index (χ1v) is 6.65. The summed E-state index contributed by atoms with van der Waals surface area (Å²) in [6.07, 6.45) is 1.56. The smallest absolute Gasteiger partial charge is 0.339 e. The van der Waals surface area contributed by atoms with Crippen LogP contribution in [0.2, 0.25) is 0 Å². The average molecular weight is 351 g/mol. The lowest BCUT2D eigenvalue weighted by atomic mass is 10.1. The van der Waals surface area contributed by atoms with Gasteiger partial charge in [-0.3, -0.25) is 4.79 Å². The van der Waals surface area contributed by atoms with Crippen LogP contribution in [-0.4, -0.2) is 29.1 Å². The summed E-state index contributed by atoms with van der Waals surface area (Å²) in [7, 11) is 1.37. The van der Waals surface area contributed by atoms with Gasteiger partial charge in [-0.15, -0.1) is 0 Å². The lowest BCUT2D eigenvalue weighted by molar-refractivity contribution is 0.0693. The molecule has 0 aliphatic heterocycles. The summed E-state index contributed by atoms with van der Waals surface area (Å²) in [4.78, 5) is 27.1. The first-order chi connectivity index (χ1) is 10.0. The molecule has 0 bridgehead atoms. The molecular weight excluding hydrogens is 340 g/mol. The molecule has 0 aliphatic carbocycles. The van der Waals surface area contributed by atoms with E-state index in [4.69, 9.17) is 9.84 Å². The third-order valence-corrected chi connectivity index (χ3v) is 3.33. The van der Waals surface area contributed by atoms with Crippen LogP contribution >= 0.6 is 15.9 Å². The number of nitrogens with one attached hydrogen (secondary N) is 1. The van der Waals surface area contributed by atoms with Gasteiger partial charge in [-0.2, -0.15) is 0 Å². The van der Waals surface area contributed by atoms with Gasteiger partial charge in [0.1, 0.15) is 15.9 Å². The fourth-order valence-electron chi connectivity index (χ4n) is 1.70. The predicted octanol–water partition coefficient (Wildman–Crippen LogP) is 2.80. The Hall–Kier alpha value is -2.41. The van der Waals surface area contributed by atoms with Gasteiger partial charge in [0, 0.05) is 18.0 Å². The Bertz CT molecular complexity index is 703. The van der Waals surface area contributed by atoms with E-state index in [9.17, 15) is 9.59 Å². The monoisotopic (exact) mass is 350 g/mol. The minimum absolute atomic E-state index is 0.0260. The van der Waals surface area contributed by atoms with E-state index in [0.717, 1.165) is 0 Å². The number of amides is 1. The Morgan fingerprint density at radius 2 is 2.05 bits per heavy atom. The van der Waals surface area contributed by atoms with E-state index >= 15 is 0 Å². The summed E-state index contributed by atoms with van der Waals surface area (Å²) in [5, 5.41) is 11.7. The summed E-state index contributed by atoms with van der Waals surface area (Å²) in [6.45, 7) is 0. The number of aromatic carboxylic acids is 1. The lowest BCUT2D eigenvalue weighted by Crippen LogP contribution is -2.13. The summed E-state index contributed by atoms with van der Waals surface area (Å²) in [6, 6.07) is 7.58. The van der Waals surface area contributed by atoms with Crippen molar-refractivity contribution in [3.63, 3.8) is 0 Å². The highest BCUT2D eigenvalue weighted by atomic mass is 79.9. The van der Waals surface area contributed by atoms with Crippen LogP contribution in [0.5, 0.6) is 5.75 Å². The number of benzene rings is 1. The summed E-state index contributed by atoms with van der Waals surface area (Å²) < 4.78 is 5.43. The van der Waals surface area contributed by atoms with Crippen LogP contribution in [-0.2, 0) is 0 Å². The standard InChI is InChI=1S/C14H11BrN2O4/c1-21-11-7-8(4-5-9(11)14(19)20)17-13(18)10-3-2-6-16-12(10)15/h2-7H,1H3,(H,17,18)(H,19,20). The number of hydrogen-bond donors (Lipinski definition) is 2. The van der Waals surface area contributed by atoms with E-state index in [1.807, 2.05) is 0 Å². The summed E-state index contributed by atoms with van der Waals surface area (Å²) in [5.41, 5.74) is 0.828. The number of carboxylic acids is 1. The Labute approximate surface area is 128 Å². The number of carbonyl (C=O) groups excluding carboxylic acids is 1. The molecule has 2 aromatic rings. The SMILES string of the molecule is COc1cc(NC(=O)c2cccnc2Br)ccc1C(=O)O. The van der Waals surface area contributed by atoms with Crippen molar-refractivity contribution in [2.75, 3.05) is 12.4 Å². The van der Waals surface area contributed by atoms with Crippen molar-refractivity contribution < 1.29 is 19.4 Å². The molecule has 1 heterocycles. The van der Waals surface area contributed by atoms with E-state index in [2.05, 4.69) is 26.2 Å². The minimum atomic E-state index is -1.10. The van der Waals surface area contributed by atoms with Crippen molar-refractivity contribution >= 4 is 33.5 Å². The molecule has 7 heteroatoms. The number of anilines is 1. The van der Waals surface area contributed by atoms with Gasteiger partial charge in [0.25, 0.3) is 5.91 Å². The molecule has 1 amide bonds. The van der Waals surface area contributed by atoms with E-state index < -0.39 is 5.97 Å². The molecule has 1 aromatic heterocycles. The Morgan fingerprint density at radius 3 is 2.67 bits per heavy atom. The second kappa shape index (κ2) is 6.36. The molecule has 1 aromatic carbocycles. The fraction of sp³-hybridized carbons (Fsp3) is 0.0714. The van der Waals surface area contributed by atoms with Gasteiger partial charge in [-0.05, 0) is 40.2 Å². The molecule has 0 aliphatic rings. The van der Waals surface area contributed by atoms with Crippen LogP contribution in [0, 0.1) is 0 Å². The van der Waals surface area contributed by atoms with Crippen LogP contribution < -0.4 is 10.1 Å². The summed E-state index contributed by atoms with van der Waals surface area (Å²) in [5.74, 6) is -1.29. The second-order valence-corrected chi connectivity index (χ2v) is 4.77. The number of halogens is 1. The molecule has 2 N–H and O–H groups in total. The van der Waals surface area contributed by atoms with Crippen molar-refractivity contribution in [2.24, 2.45) is 0 Å². The van der Waals surface area contributed by atoms with Gasteiger partial charge in [-0.1, -0.05) is 0 Å². The van der Waals surface area contributed by atoms with Gasteiger partial charge >= 0.3 is 5.97 Å². The fourth-order valence-corrected chi connectivity index (χ4v) is 2.13. The molecule has 0 spiro atoms. The van der Waals surface area contributed by atoms with Crippen molar-refractivity contribution in [1.82, 2.24) is 4.98 Å². The van der Waals surface area contributed by atoms with E-state index in [1.165, 1.54) is 25.3 Å². The van der Waals surface area contributed by atoms with Crippen LogP contribution in [0.3, 0.4) is 0 Å². The number of pyridine rings is 1. The topological polar surface area (TPSA) is 88.5 Å². The van der Waals surface area contributed by atoms with Crippen molar-refractivity contribution in [1.29, 1.82) is 0 Å². The lowest BCUT2D eigenvalue weighted by Gasteiger charge is -2.09. The molecule has 6 nitrogen and oxygen atoms in total. The summed E-state index contributed by atoms with van der Waals surface area (Å²) >= 11 is 3.19. The van der Waals surface area contributed by atoms with Gasteiger partial charge in [0.05, 0.1) is 12.7 Å². The number of ether oxygens (including phenoxy) is 1. The number of methoxy groups -OCH3 is 1. The van der Waals surface area contributed by atoms with Crippen molar-refractivity contribution in [2.45, 2.75) is 0 Å². The van der Waals surface area contributed by atoms with Gasteiger partial charge < -0.3 is 15.2 Å². The molecule has 0 saturated heterocycles. The molecule has 2 rings (SSSR count). The first-order valence-electron chi connectivity index (χ1n) is 5.86. The van der Waals surface area contributed by atoms with E-state index in [-0.39, 0.29) is 17.2 Å². The van der Waals surface area contributed by atoms with E-state index in [1.54, 1.807) is 18.3 Å². The molecule has 0 saturated carbocycles. The number of hydrogen-bond acceptors (Lipinski definition) is 4. The molecule has 21 heavy (non-hydrogen) atoms. The van der Waals surface area contributed by atoms with Crippen LogP contribution in [0.15, 0.2) is 41.1 Å². The van der Waals surface area contributed by atoms with E-state index in [0.29, 0.717) is 15.9 Å². The normalized spacial score (nSPS) is 10.0. The Kier molecular flexibility index (Phi) is 4.54. The van der Waals surface area contributed by atoms with Crippen LogP contribution in [0.1, 0.15) is 20.7 Å². The number of rotatable bonds is 4. The van der Waals surface area contributed by atoms with Gasteiger partial charge in [0.2, 0.25) is 0 Å². The maximum absolute atomic E-state index is 12.1. The number of carboxylic acid groups (broad SMARTS) is 1. The van der Waals surface area contributed by atoms with Gasteiger partial charge in [0.15, 0.2) is 0 Å². The van der Waals surface area contributed by atoms with Crippen LogP contribution in [0.4, 0.5) is 5.69 Å². The molecule has 0 radical (unpaired) electrons. The number of aromatic nitrogens is 1. The molecule has 0 unspecified atom stereocenters. The molecular formula is C14H11BrN2O4. The van der Waals surface area contributed by atoms with Crippen LogP contribution in [0.25, 0.3) is 0 Å². The first kappa shape index (κ1) is 15.0. The second-order valence-electron chi connectivity index (χ2n) is 4.02. The zero-order valence-corrected chi connectivity index (χ0v) is 12.5. The van der Waals surface area contributed by atoms with Crippen molar-refractivity contribution in [3.8, 4) is 5.75 Å². The zero-order chi connectivity index (χ0) is 15.4. The zero-order valence-electron chi connectivity index (χ0n) is 11.0. The predicted molar refractivity (Wildman–Crippen MR) is 79.8 cm³/mol. The number of carbonyl (C=O) groups is 2. The highest BCUT2D eigenvalue weighted by Gasteiger charge is 2.14. The Morgan fingerprint density at radius 1 is 1.29 bits per heavy atom. The largest absolute Gasteiger partial charge is 0.496 e. The maximum atomic E-state index is 12.1. The molecule has 0 fully saturated rings. The maximum Gasteiger partial charge on any atom is 0.339 e. The highest BCUT2D eigenvalue weighted by molar-refractivity contribution is 9.10. The molecule has 108 valence electrons. The third kappa shape index (κ3) is 3.38.